The Labute approximate surface area is 198 Å². The van der Waals surface area contributed by atoms with Gasteiger partial charge in [-0.15, -0.1) is 0 Å². The van der Waals surface area contributed by atoms with Crippen LogP contribution in [0.3, 0.4) is 0 Å². The molecule has 164 valence electrons. The summed E-state index contributed by atoms with van der Waals surface area (Å²) in [5.41, 5.74) is 6.91. The van der Waals surface area contributed by atoms with Crippen molar-refractivity contribution in [2.75, 3.05) is 23.3 Å². The second-order valence-corrected chi connectivity index (χ2v) is 8.59. The first-order valence-electron chi connectivity index (χ1n) is 11.1. The number of halogens is 1. The Balaban J connectivity index is 1.30. The van der Waals surface area contributed by atoms with E-state index in [9.17, 15) is 4.79 Å². The largest absolute Gasteiger partial charge is 0.371 e. The number of nitrogens with one attached hydrogen (secondary N) is 1. The van der Waals surface area contributed by atoms with E-state index in [1.807, 2.05) is 72.9 Å². The molecule has 4 nitrogen and oxygen atoms in total. The van der Waals surface area contributed by atoms with Crippen LogP contribution in [0.25, 0.3) is 11.1 Å². The summed E-state index contributed by atoms with van der Waals surface area (Å²) in [6.45, 7) is 1.92. The van der Waals surface area contributed by atoms with E-state index >= 15 is 0 Å². The number of hydrogen-bond donors (Lipinski definition) is 1. The van der Waals surface area contributed by atoms with Gasteiger partial charge in [-0.05, 0) is 71.6 Å². The maximum atomic E-state index is 13.1. The topological polar surface area (TPSA) is 45.2 Å². The van der Waals surface area contributed by atoms with Crippen LogP contribution in [-0.4, -0.2) is 24.0 Å². The zero-order valence-electron chi connectivity index (χ0n) is 18.2. The lowest BCUT2D eigenvalue weighted by Gasteiger charge is -2.19. The number of hydrogen-bond acceptors (Lipinski definition) is 3. The monoisotopic (exact) mass is 453 g/mol. The van der Waals surface area contributed by atoms with E-state index in [-0.39, 0.29) is 5.91 Å². The van der Waals surface area contributed by atoms with Crippen LogP contribution in [-0.2, 0) is 12.8 Å². The van der Waals surface area contributed by atoms with Crippen LogP contribution in [0.4, 0.5) is 11.4 Å². The molecule has 0 aliphatic carbocycles. The molecule has 0 radical (unpaired) electrons. The fourth-order valence-electron chi connectivity index (χ4n) is 4.34. The summed E-state index contributed by atoms with van der Waals surface area (Å²) in [4.78, 5) is 20.0. The standard InChI is InChI=1S/C28H24ClN3O/c29-22-10-8-20(9-11-22)25-6-1-2-7-26(25)28(33)31-24-12-13-27-21(19-24)14-17-32(27)18-15-23-5-3-4-16-30-23/h1-13,16,19H,14-15,17-18H2,(H,31,33). The van der Waals surface area contributed by atoms with Crippen LogP contribution < -0.4 is 10.2 Å². The molecule has 1 amide bonds. The highest BCUT2D eigenvalue weighted by Crippen LogP contribution is 2.31. The molecule has 0 saturated heterocycles. The minimum atomic E-state index is -0.120. The van der Waals surface area contributed by atoms with Crippen molar-refractivity contribution < 1.29 is 4.79 Å². The third-order valence-corrected chi connectivity index (χ3v) is 6.27. The zero-order valence-corrected chi connectivity index (χ0v) is 18.9. The van der Waals surface area contributed by atoms with Gasteiger partial charge in [0.25, 0.3) is 5.91 Å². The Morgan fingerprint density at radius 1 is 0.970 bits per heavy atom. The van der Waals surface area contributed by atoms with Gasteiger partial charge in [0, 0.05) is 53.4 Å². The van der Waals surface area contributed by atoms with Crippen molar-refractivity contribution in [2.24, 2.45) is 0 Å². The Kier molecular flexibility index (Phi) is 6.09. The predicted octanol–water partition coefficient (Wildman–Crippen LogP) is 6.26. The summed E-state index contributed by atoms with van der Waals surface area (Å²) < 4.78 is 0. The van der Waals surface area contributed by atoms with Gasteiger partial charge in [-0.1, -0.05) is 48.0 Å². The summed E-state index contributed by atoms with van der Waals surface area (Å²) in [6.07, 6.45) is 3.73. The normalized spacial score (nSPS) is 12.5. The molecule has 0 atom stereocenters. The molecule has 0 unspecified atom stereocenters. The summed E-state index contributed by atoms with van der Waals surface area (Å²) in [5.74, 6) is -0.120. The van der Waals surface area contributed by atoms with Gasteiger partial charge in [0.05, 0.1) is 0 Å². The number of anilines is 2. The average Bonchev–Trinajstić information content (AvgIpc) is 3.26. The molecule has 5 rings (SSSR count). The maximum Gasteiger partial charge on any atom is 0.256 e. The molecule has 3 aromatic carbocycles. The number of benzene rings is 3. The lowest BCUT2D eigenvalue weighted by atomic mass is 9.99. The van der Waals surface area contributed by atoms with Crippen LogP contribution in [0, 0.1) is 0 Å². The lowest BCUT2D eigenvalue weighted by molar-refractivity contribution is 0.102. The van der Waals surface area contributed by atoms with E-state index in [1.165, 1.54) is 11.3 Å². The van der Waals surface area contributed by atoms with Crippen LogP contribution in [0.5, 0.6) is 0 Å². The minimum Gasteiger partial charge on any atom is -0.371 e. The highest BCUT2D eigenvalue weighted by Gasteiger charge is 2.20. The third-order valence-electron chi connectivity index (χ3n) is 6.02. The molecule has 1 aliphatic rings. The SMILES string of the molecule is O=C(Nc1ccc2c(c1)CCN2CCc1ccccn1)c1ccccc1-c1ccc(Cl)cc1. The highest BCUT2D eigenvalue weighted by molar-refractivity contribution is 6.30. The predicted molar refractivity (Wildman–Crippen MR) is 135 cm³/mol. The number of fused-ring (bicyclic) bond motifs is 1. The molecule has 0 saturated carbocycles. The Bertz CT molecular complexity index is 1270. The summed E-state index contributed by atoms with van der Waals surface area (Å²) >= 11 is 6.03. The van der Waals surface area contributed by atoms with Gasteiger partial charge in [0.2, 0.25) is 0 Å². The van der Waals surface area contributed by atoms with Crippen LogP contribution in [0.1, 0.15) is 21.6 Å². The van der Waals surface area contributed by atoms with Crippen molar-refractivity contribution >= 4 is 28.9 Å². The van der Waals surface area contributed by atoms with Crippen molar-refractivity contribution in [2.45, 2.75) is 12.8 Å². The van der Waals surface area contributed by atoms with Gasteiger partial charge >= 0.3 is 0 Å². The number of carbonyl (C=O) groups is 1. The number of aromatic nitrogens is 1. The Morgan fingerprint density at radius 2 is 1.79 bits per heavy atom. The molecule has 33 heavy (non-hydrogen) atoms. The molecule has 0 fully saturated rings. The summed E-state index contributed by atoms with van der Waals surface area (Å²) in [5, 5.41) is 3.76. The molecular weight excluding hydrogens is 430 g/mol. The quantitative estimate of drug-likeness (QED) is 0.374. The molecule has 1 aromatic heterocycles. The molecule has 0 bridgehead atoms. The molecule has 4 aromatic rings. The lowest BCUT2D eigenvalue weighted by Crippen LogP contribution is -2.23. The first-order valence-corrected chi connectivity index (χ1v) is 11.5. The molecule has 2 heterocycles. The van der Waals surface area contributed by atoms with Gasteiger partial charge < -0.3 is 10.2 Å². The van der Waals surface area contributed by atoms with Gasteiger partial charge in [0.15, 0.2) is 0 Å². The average molecular weight is 454 g/mol. The van der Waals surface area contributed by atoms with Crippen LogP contribution in [0.15, 0.2) is 91.1 Å². The van der Waals surface area contributed by atoms with Gasteiger partial charge in [-0.25, -0.2) is 0 Å². The number of amides is 1. The van der Waals surface area contributed by atoms with Crippen molar-refractivity contribution in [3.05, 3.63) is 113 Å². The number of pyridine rings is 1. The van der Waals surface area contributed by atoms with Crippen LogP contribution in [0.2, 0.25) is 5.02 Å². The Morgan fingerprint density at radius 3 is 2.61 bits per heavy atom. The van der Waals surface area contributed by atoms with Crippen molar-refractivity contribution in [3.63, 3.8) is 0 Å². The first-order chi connectivity index (χ1) is 16.2. The van der Waals surface area contributed by atoms with E-state index in [0.29, 0.717) is 10.6 Å². The second-order valence-electron chi connectivity index (χ2n) is 8.16. The van der Waals surface area contributed by atoms with E-state index in [0.717, 1.165) is 48.4 Å². The van der Waals surface area contributed by atoms with E-state index in [4.69, 9.17) is 11.6 Å². The van der Waals surface area contributed by atoms with Crippen molar-refractivity contribution in [3.8, 4) is 11.1 Å². The molecular formula is C28H24ClN3O. The summed E-state index contributed by atoms with van der Waals surface area (Å²) in [7, 11) is 0. The van der Waals surface area contributed by atoms with Crippen molar-refractivity contribution in [1.82, 2.24) is 4.98 Å². The fraction of sp³-hybridized carbons (Fsp3) is 0.143. The van der Waals surface area contributed by atoms with Crippen molar-refractivity contribution in [1.29, 1.82) is 0 Å². The van der Waals surface area contributed by atoms with Crippen LogP contribution >= 0.6 is 11.6 Å². The molecule has 1 aliphatic heterocycles. The zero-order chi connectivity index (χ0) is 22.6. The number of rotatable bonds is 6. The van der Waals surface area contributed by atoms with Gasteiger partial charge in [-0.3, -0.25) is 9.78 Å². The molecule has 5 heteroatoms. The third kappa shape index (κ3) is 4.76. The maximum absolute atomic E-state index is 13.1. The van der Waals surface area contributed by atoms with E-state index < -0.39 is 0 Å². The first kappa shape index (κ1) is 21.2. The smallest absolute Gasteiger partial charge is 0.256 e. The fourth-order valence-corrected chi connectivity index (χ4v) is 4.46. The minimum absolute atomic E-state index is 0.120. The second kappa shape index (κ2) is 9.47. The molecule has 0 spiro atoms. The highest BCUT2D eigenvalue weighted by atomic mass is 35.5. The van der Waals surface area contributed by atoms with Gasteiger partial charge in [-0.2, -0.15) is 0 Å². The molecule has 1 N–H and O–H groups in total. The Hall–Kier alpha value is -3.63. The number of nitrogens with zero attached hydrogens (tertiary/aromatic N) is 2. The van der Waals surface area contributed by atoms with Gasteiger partial charge in [0.1, 0.15) is 0 Å². The van der Waals surface area contributed by atoms with E-state index in [1.54, 1.807) is 0 Å². The number of carbonyl (C=O) groups excluding carboxylic acids is 1. The summed E-state index contributed by atoms with van der Waals surface area (Å²) in [6, 6.07) is 27.4. The van der Waals surface area contributed by atoms with E-state index in [2.05, 4.69) is 33.4 Å².